The molecule has 92 valence electrons. The molecule has 0 bridgehead atoms. The van der Waals surface area contributed by atoms with E-state index in [4.69, 9.17) is 0 Å². The summed E-state index contributed by atoms with van der Waals surface area (Å²) in [6.07, 6.45) is 2.84. The van der Waals surface area contributed by atoms with Crippen molar-refractivity contribution >= 4 is 0 Å². The molecule has 1 nitrogen and oxygen atoms in total. The molecule has 1 fully saturated rings. The van der Waals surface area contributed by atoms with Crippen molar-refractivity contribution in [3.8, 4) is 0 Å². The molecule has 1 heteroatoms. The summed E-state index contributed by atoms with van der Waals surface area (Å²) in [5.74, 6) is 2.71. The molecule has 0 atom stereocenters. The lowest BCUT2D eigenvalue weighted by molar-refractivity contribution is 0.145. The number of likely N-dealkylation sites (tertiary alicyclic amines) is 1. The minimum absolute atomic E-state index is 0.829. The Bertz CT molecular complexity index is 132. The molecule has 1 aliphatic heterocycles. The quantitative estimate of drug-likeness (QED) is 0.684. The van der Waals surface area contributed by atoms with Crippen molar-refractivity contribution in [3.05, 3.63) is 0 Å². The maximum absolute atomic E-state index is 2.63. The number of nitrogens with zero attached hydrogens (tertiary/aromatic N) is 1. The Hall–Kier alpha value is -0.0400. The lowest BCUT2D eigenvalue weighted by atomic mass is 9.86. The van der Waals surface area contributed by atoms with Crippen LogP contribution in [0, 0.1) is 17.8 Å². The Balaban J connectivity index is 0.000000921. The third-order valence-corrected chi connectivity index (χ3v) is 3.20. The largest absolute Gasteiger partial charge is 0.303 e. The predicted octanol–water partition coefficient (Wildman–Crippen LogP) is 4.04. The second kappa shape index (κ2) is 8.15. The SMILES string of the molecule is CC.CC(C)CN1CCC(C(C)C)CC1. The van der Waals surface area contributed by atoms with Crippen LogP contribution in [0.15, 0.2) is 0 Å². The first-order valence-corrected chi connectivity index (χ1v) is 6.82. The summed E-state index contributed by atoms with van der Waals surface area (Å²) in [4.78, 5) is 2.63. The predicted molar refractivity (Wildman–Crippen MR) is 70.2 cm³/mol. The van der Waals surface area contributed by atoms with Gasteiger partial charge in [0, 0.05) is 6.54 Å². The van der Waals surface area contributed by atoms with E-state index in [1.807, 2.05) is 13.8 Å². The molecule has 0 saturated carbocycles. The fourth-order valence-electron chi connectivity index (χ4n) is 2.32. The third kappa shape index (κ3) is 6.19. The van der Waals surface area contributed by atoms with Crippen LogP contribution in [0.25, 0.3) is 0 Å². The summed E-state index contributed by atoms with van der Waals surface area (Å²) in [5.41, 5.74) is 0. The third-order valence-electron chi connectivity index (χ3n) is 3.20. The molecule has 0 aromatic heterocycles. The lowest BCUT2D eigenvalue weighted by Gasteiger charge is -2.34. The molecule has 0 aliphatic carbocycles. The van der Waals surface area contributed by atoms with Gasteiger partial charge in [-0.2, -0.15) is 0 Å². The molecule has 0 aromatic rings. The van der Waals surface area contributed by atoms with Crippen LogP contribution in [0.3, 0.4) is 0 Å². The van der Waals surface area contributed by atoms with Crippen LogP contribution in [0.1, 0.15) is 54.4 Å². The topological polar surface area (TPSA) is 3.24 Å². The Kier molecular flexibility index (Phi) is 8.13. The zero-order valence-electron chi connectivity index (χ0n) is 11.7. The first kappa shape index (κ1) is 15.0. The zero-order valence-corrected chi connectivity index (χ0v) is 11.7. The molecule has 0 spiro atoms. The minimum atomic E-state index is 0.829. The van der Waals surface area contributed by atoms with E-state index in [0.29, 0.717) is 0 Å². The van der Waals surface area contributed by atoms with Crippen LogP contribution < -0.4 is 0 Å². The highest BCUT2D eigenvalue weighted by Gasteiger charge is 2.21. The van der Waals surface area contributed by atoms with E-state index in [0.717, 1.165) is 17.8 Å². The molecule has 0 amide bonds. The van der Waals surface area contributed by atoms with Crippen molar-refractivity contribution in [2.24, 2.45) is 17.8 Å². The van der Waals surface area contributed by atoms with Gasteiger partial charge in [-0.25, -0.2) is 0 Å². The molecule has 1 saturated heterocycles. The van der Waals surface area contributed by atoms with Crippen LogP contribution in [0.5, 0.6) is 0 Å². The van der Waals surface area contributed by atoms with Crippen molar-refractivity contribution in [1.29, 1.82) is 0 Å². The molecule has 1 aliphatic rings. The van der Waals surface area contributed by atoms with Crippen LogP contribution in [0.2, 0.25) is 0 Å². The van der Waals surface area contributed by atoms with Crippen molar-refractivity contribution in [1.82, 2.24) is 4.90 Å². The highest BCUT2D eigenvalue weighted by molar-refractivity contribution is 4.74. The van der Waals surface area contributed by atoms with Gasteiger partial charge in [-0.05, 0) is 43.7 Å². The fraction of sp³-hybridized carbons (Fsp3) is 1.00. The highest BCUT2D eigenvalue weighted by Crippen LogP contribution is 2.24. The van der Waals surface area contributed by atoms with Gasteiger partial charge in [-0.1, -0.05) is 41.5 Å². The second-order valence-corrected chi connectivity index (χ2v) is 5.28. The zero-order chi connectivity index (χ0) is 11.8. The van der Waals surface area contributed by atoms with Gasteiger partial charge in [-0.15, -0.1) is 0 Å². The molecular formula is C14H31N. The first-order chi connectivity index (χ1) is 7.09. The molecule has 0 unspecified atom stereocenters. The van der Waals surface area contributed by atoms with Crippen LogP contribution in [-0.4, -0.2) is 24.5 Å². The summed E-state index contributed by atoms with van der Waals surface area (Å²) in [7, 11) is 0. The van der Waals surface area contributed by atoms with E-state index in [2.05, 4.69) is 32.6 Å². The minimum Gasteiger partial charge on any atom is -0.303 e. The normalized spacial score (nSPS) is 19.2. The van der Waals surface area contributed by atoms with Crippen molar-refractivity contribution in [3.63, 3.8) is 0 Å². The van der Waals surface area contributed by atoms with E-state index >= 15 is 0 Å². The van der Waals surface area contributed by atoms with E-state index in [1.165, 1.54) is 32.5 Å². The van der Waals surface area contributed by atoms with Crippen molar-refractivity contribution in [2.45, 2.75) is 54.4 Å². The maximum Gasteiger partial charge on any atom is 0.000439 e. The molecule has 1 heterocycles. The van der Waals surface area contributed by atoms with E-state index in [1.54, 1.807) is 0 Å². The van der Waals surface area contributed by atoms with Gasteiger partial charge in [0.05, 0.1) is 0 Å². The monoisotopic (exact) mass is 213 g/mol. The molecule has 0 aromatic carbocycles. The standard InChI is InChI=1S/C12H25N.C2H6/c1-10(2)9-13-7-5-12(6-8-13)11(3)4;1-2/h10-12H,5-9H2,1-4H3;1-2H3. The summed E-state index contributed by atoms with van der Waals surface area (Å²) in [6.45, 7) is 17.3. The summed E-state index contributed by atoms with van der Waals surface area (Å²) >= 11 is 0. The smallest absolute Gasteiger partial charge is 0.000439 e. The Morgan fingerprint density at radius 1 is 1.00 bits per heavy atom. The summed E-state index contributed by atoms with van der Waals surface area (Å²) < 4.78 is 0. The van der Waals surface area contributed by atoms with Crippen molar-refractivity contribution in [2.75, 3.05) is 19.6 Å². The number of hydrogen-bond donors (Lipinski definition) is 0. The van der Waals surface area contributed by atoms with Gasteiger partial charge < -0.3 is 4.90 Å². The fourth-order valence-corrected chi connectivity index (χ4v) is 2.32. The average Bonchev–Trinajstić information content (AvgIpc) is 2.20. The summed E-state index contributed by atoms with van der Waals surface area (Å²) in [6, 6.07) is 0. The van der Waals surface area contributed by atoms with Gasteiger partial charge in [0.25, 0.3) is 0 Å². The van der Waals surface area contributed by atoms with Crippen LogP contribution in [0.4, 0.5) is 0 Å². The highest BCUT2D eigenvalue weighted by atomic mass is 15.1. The van der Waals surface area contributed by atoms with E-state index in [-0.39, 0.29) is 0 Å². The molecule has 15 heavy (non-hydrogen) atoms. The number of hydrogen-bond acceptors (Lipinski definition) is 1. The summed E-state index contributed by atoms with van der Waals surface area (Å²) in [5, 5.41) is 0. The molecule has 1 rings (SSSR count). The van der Waals surface area contributed by atoms with Crippen molar-refractivity contribution < 1.29 is 0 Å². The van der Waals surface area contributed by atoms with Crippen LogP contribution in [-0.2, 0) is 0 Å². The Morgan fingerprint density at radius 3 is 1.80 bits per heavy atom. The van der Waals surface area contributed by atoms with E-state index < -0.39 is 0 Å². The van der Waals surface area contributed by atoms with Gasteiger partial charge in [0.2, 0.25) is 0 Å². The Morgan fingerprint density at radius 2 is 1.47 bits per heavy atom. The molecular weight excluding hydrogens is 182 g/mol. The molecule has 0 N–H and O–H groups in total. The van der Waals surface area contributed by atoms with E-state index in [9.17, 15) is 0 Å². The molecule has 0 radical (unpaired) electrons. The van der Waals surface area contributed by atoms with Gasteiger partial charge in [0.1, 0.15) is 0 Å². The van der Waals surface area contributed by atoms with Gasteiger partial charge in [-0.3, -0.25) is 0 Å². The van der Waals surface area contributed by atoms with Crippen LogP contribution >= 0.6 is 0 Å². The number of rotatable bonds is 3. The van der Waals surface area contributed by atoms with Gasteiger partial charge in [0.15, 0.2) is 0 Å². The first-order valence-electron chi connectivity index (χ1n) is 6.82. The van der Waals surface area contributed by atoms with Gasteiger partial charge >= 0.3 is 0 Å². The average molecular weight is 213 g/mol. The Labute approximate surface area is 97.2 Å². The number of piperidine rings is 1. The second-order valence-electron chi connectivity index (χ2n) is 5.28. The maximum atomic E-state index is 2.63. The lowest BCUT2D eigenvalue weighted by Crippen LogP contribution is -2.37.